The summed E-state index contributed by atoms with van der Waals surface area (Å²) >= 11 is 7.53. The van der Waals surface area contributed by atoms with Crippen molar-refractivity contribution in [3.05, 3.63) is 57.9 Å². The molecule has 0 spiro atoms. The number of methoxy groups -OCH3 is 2. The maximum absolute atomic E-state index is 12.8. The molecule has 5 nitrogen and oxygen atoms in total. The molecule has 0 radical (unpaired) electrons. The first-order valence-corrected chi connectivity index (χ1v) is 9.72. The zero-order valence-corrected chi connectivity index (χ0v) is 17.1. The van der Waals surface area contributed by atoms with Crippen LogP contribution in [0.25, 0.3) is 21.1 Å². The highest BCUT2D eigenvalue weighted by Crippen LogP contribution is 2.36. The minimum Gasteiger partial charge on any atom is -0.495 e. The average Bonchev–Trinajstić information content (AvgIpc) is 3.09. The van der Waals surface area contributed by atoms with Gasteiger partial charge in [0.2, 0.25) is 0 Å². The predicted octanol–water partition coefficient (Wildman–Crippen LogP) is 5.68. The minimum absolute atomic E-state index is 0.247. The van der Waals surface area contributed by atoms with Crippen LogP contribution in [0.3, 0.4) is 0 Å². The summed E-state index contributed by atoms with van der Waals surface area (Å²) in [5, 5.41) is 5.24. The molecule has 2 aromatic heterocycles. The highest BCUT2D eigenvalue weighted by atomic mass is 35.5. The Morgan fingerprint density at radius 1 is 1.04 bits per heavy atom. The molecule has 0 saturated heterocycles. The lowest BCUT2D eigenvalue weighted by molar-refractivity contribution is 0.103. The molecule has 0 fully saturated rings. The third-order valence-electron chi connectivity index (χ3n) is 4.40. The number of aryl methyl sites for hydroxylation is 1. The monoisotopic (exact) mass is 412 g/mol. The third-order valence-corrected chi connectivity index (χ3v) is 5.74. The molecule has 2 aromatic carbocycles. The zero-order valence-electron chi connectivity index (χ0n) is 15.5. The molecule has 0 aliphatic carbocycles. The number of halogens is 1. The van der Waals surface area contributed by atoms with Crippen molar-refractivity contribution in [2.24, 2.45) is 0 Å². The number of rotatable bonds is 4. The molecule has 0 atom stereocenters. The molecular weight excluding hydrogens is 396 g/mol. The molecule has 0 aliphatic heterocycles. The van der Waals surface area contributed by atoms with Crippen LogP contribution < -0.4 is 14.8 Å². The number of pyridine rings is 1. The highest BCUT2D eigenvalue weighted by molar-refractivity contribution is 7.20. The van der Waals surface area contributed by atoms with Gasteiger partial charge in [-0.1, -0.05) is 23.2 Å². The smallest absolute Gasteiger partial charge is 0.265 e. The SMILES string of the molecule is COc1cc(OC)c(NC(=O)c2cc3cc4cc(C)ccc4nc3s2)cc1Cl. The number of nitrogens with zero attached hydrogens (tertiary/aromatic N) is 1. The van der Waals surface area contributed by atoms with Gasteiger partial charge in [0.15, 0.2) is 0 Å². The van der Waals surface area contributed by atoms with Crippen molar-refractivity contribution in [2.75, 3.05) is 19.5 Å². The van der Waals surface area contributed by atoms with Gasteiger partial charge < -0.3 is 14.8 Å². The number of fused-ring (bicyclic) bond motifs is 2. The van der Waals surface area contributed by atoms with Gasteiger partial charge in [0, 0.05) is 16.8 Å². The maximum atomic E-state index is 12.8. The van der Waals surface area contributed by atoms with E-state index in [0.717, 1.165) is 21.1 Å². The lowest BCUT2D eigenvalue weighted by Gasteiger charge is -2.12. The topological polar surface area (TPSA) is 60.5 Å². The van der Waals surface area contributed by atoms with Gasteiger partial charge in [-0.2, -0.15) is 0 Å². The van der Waals surface area contributed by atoms with Gasteiger partial charge in [0.05, 0.1) is 35.3 Å². The second kappa shape index (κ2) is 7.30. The number of carbonyl (C=O) groups excluding carboxylic acids is 1. The number of nitrogens with one attached hydrogen (secondary N) is 1. The number of amides is 1. The normalized spacial score (nSPS) is 11.0. The van der Waals surface area contributed by atoms with Gasteiger partial charge in [-0.25, -0.2) is 4.98 Å². The molecule has 0 unspecified atom stereocenters. The van der Waals surface area contributed by atoms with Gasteiger partial charge in [-0.05, 0) is 37.3 Å². The highest BCUT2D eigenvalue weighted by Gasteiger charge is 2.16. The summed E-state index contributed by atoms with van der Waals surface area (Å²) in [4.78, 5) is 18.9. The fourth-order valence-corrected chi connectivity index (χ4v) is 4.17. The standard InChI is InChI=1S/C21H17ClN2O3S/c1-11-4-5-15-12(6-11)7-13-8-19(28-21(13)24-15)20(25)23-16-9-14(22)17(26-2)10-18(16)27-3/h4-10H,1-3H3,(H,23,25). The van der Waals surface area contributed by atoms with Crippen molar-refractivity contribution >= 4 is 55.7 Å². The second-order valence-corrected chi connectivity index (χ2v) is 7.77. The van der Waals surface area contributed by atoms with E-state index in [4.69, 9.17) is 21.1 Å². The van der Waals surface area contributed by atoms with Crippen molar-refractivity contribution < 1.29 is 14.3 Å². The van der Waals surface area contributed by atoms with Crippen LogP contribution in [0.2, 0.25) is 5.02 Å². The first-order valence-electron chi connectivity index (χ1n) is 8.52. The van der Waals surface area contributed by atoms with E-state index in [1.54, 1.807) is 12.1 Å². The van der Waals surface area contributed by atoms with Crippen molar-refractivity contribution in [3.63, 3.8) is 0 Å². The van der Waals surface area contributed by atoms with Gasteiger partial charge in [0.25, 0.3) is 5.91 Å². The molecule has 2 heterocycles. The fraction of sp³-hybridized carbons (Fsp3) is 0.143. The fourth-order valence-electron chi connectivity index (χ4n) is 3.01. The molecule has 28 heavy (non-hydrogen) atoms. The Kier molecular flexibility index (Phi) is 4.83. The van der Waals surface area contributed by atoms with E-state index in [2.05, 4.69) is 22.4 Å². The molecule has 7 heteroatoms. The number of benzene rings is 2. The second-order valence-electron chi connectivity index (χ2n) is 6.33. The Hall–Kier alpha value is -2.83. The quantitative estimate of drug-likeness (QED) is 0.468. The maximum Gasteiger partial charge on any atom is 0.265 e. The molecule has 1 amide bonds. The summed E-state index contributed by atoms with van der Waals surface area (Å²) in [6, 6.07) is 13.3. The number of thiophene rings is 1. The lowest BCUT2D eigenvalue weighted by atomic mass is 10.1. The number of ether oxygens (including phenoxy) is 2. The van der Waals surface area contributed by atoms with Crippen LogP contribution in [0.1, 0.15) is 15.2 Å². The number of carbonyl (C=O) groups is 1. The number of hydrogen-bond acceptors (Lipinski definition) is 5. The molecule has 4 rings (SSSR count). The third kappa shape index (κ3) is 3.37. The largest absolute Gasteiger partial charge is 0.495 e. The van der Waals surface area contributed by atoms with E-state index in [1.807, 2.05) is 25.1 Å². The van der Waals surface area contributed by atoms with Crippen molar-refractivity contribution in [1.82, 2.24) is 4.98 Å². The van der Waals surface area contributed by atoms with Gasteiger partial charge in [0.1, 0.15) is 16.3 Å². The van der Waals surface area contributed by atoms with Crippen LogP contribution in [0.15, 0.2) is 42.5 Å². The molecule has 0 saturated carbocycles. The van der Waals surface area contributed by atoms with Crippen LogP contribution in [0.4, 0.5) is 5.69 Å². The molecule has 0 bridgehead atoms. The van der Waals surface area contributed by atoms with Crippen molar-refractivity contribution in [1.29, 1.82) is 0 Å². The summed E-state index contributed by atoms with van der Waals surface area (Å²) in [7, 11) is 3.05. The van der Waals surface area contributed by atoms with E-state index in [9.17, 15) is 4.79 Å². The predicted molar refractivity (Wildman–Crippen MR) is 114 cm³/mol. The Labute approximate surface area is 170 Å². The van der Waals surface area contributed by atoms with Crippen molar-refractivity contribution in [2.45, 2.75) is 6.92 Å². The summed E-state index contributed by atoms with van der Waals surface area (Å²) in [6.45, 7) is 2.05. The molecular formula is C21H17ClN2O3S. The van der Waals surface area contributed by atoms with Crippen LogP contribution >= 0.6 is 22.9 Å². The van der Waals surface area contributed by atoms with Gasteiger partial charge >= 0.3 is 0 Å². The number of aromatic nitrogens is 1. The summed E-state index contributed by atoms with van der Waals surface area (Å²) in [6.07, 6.45) is 0. The summed E-state index contributed by atoms with van der Waals surface area (Å²) in [5.74, 6) is 0.697. The van der Waals surface area contributed by atoms with Crippen LogP contribution in [0.5, 0.6) is 11.5 Å². The Bertz CT molecular complexity index is 1220. The van der Waals surface area contributed by atoms with Gasteiger partial charge in [-0.15, -0.1) is 11.3 Å². The molecule has 142 valence electrons. The molecule has 0 aliphatic rings. The van der Waals surface area contributed by atoms with E-state index in [1.165, 1.54) is 31.1 Å². The van der Waals surface area contributed by atoms with Gasteiger partial charge in [-0.3, -0.25) is 4.79 Å². The Morgan fingerprint density at radius 2 is 1.82 bits per heavy atom. The molecule has 1 N–H and O–H groups in total. The first-order chi connectivity index (χ1) is 13.5. The van der Waals surface area contributed by atoms with E-state index < -0.39 is 0 Å². The van der Waals surface area contributed by atoms with Crippen molar-refractivity contribution in [3.8, 4) is 11.5 Å². The van der Waals surface area contributed by atoms with E-state index >= 15 is 0 Å². The minimum atomic E-state index is -0.247. The number of anilines is 1. The van der Waals surface area contributed by atoms with Crippen LogP contribution in [0, 0.1) is 6.92 Å². The Morgan fingerprint density at radius 3 is 2.57 bits per heavy atom. The van der Waals surface area contributed by atoms with E-state index in [-0.39, 0.29) is 5.91 Å². The first kappa shape index (κ1) is 18.5. The van der Waals surface area contributed by atoms with Crippen LogP contribution in [-0.4, -0.2) is 25.1 Å². The Balaban J connectivity index is 1.69. The zero-order chi connectivity index (χ0) is 19.8. The summed E-state index contributed by atoms with van der Waals surface area (Å²) < 4.78 is 10.5. The lowest BCUT2D eigenvalue weighted by Crippen LogP contribution is -2.11. The molecule has 4 aromatic rings. The van der Waals surface area contributed by atoms with E-state index in [0.29, 0.717) is 27.1 Å². The average molecular weight is 413 g/mol. The van der Waals surface area contributed by atoms with Crippen LogP contribution in [-0.2, 0) is 0 Å². The summed E-state index contributed by atoms with van der Waals surface area (Å²) in [5.41, 5.74) is 2.56. The number of hydrogen-bond donors (Lipinski definition) is 1.